The lowest BCUT2D eigenvalue weighted by Crippen LogP contribution is -2.44. The highest BCUT2D eigenvalue weighted by molar-refractivity contribution is 6.25. The van der Waals surface area contributed by atoms with Crippen LogP contribution in [0.5, 0.6) is 0 Å². The van der Waals surface area contributed by atoms with Crippen molar-refractivity contribution < 1.29 is 4.79 Å². The van der Waals surface area contributed by atoms with Gasteiger partial charge in [-0.15, -0.1) is 0 Å². The monoisotopic (exact) mass is 264 g/mol. The minimum Gasteiger partial charge on any atom is -0.366 e. The summed E-state index contributed by atoms with van der Waals surface area (Å²) in [5.41, 5.74) is 5.09. The number of hydrogen-bond acceptors (Lipinski definition) is 3. The molecule has 0 unspecified atom stereocenters. The number of carbonyl (C=O) groups is 1. The number of nitrogens with one attached hydrogen (secondary N) is 1. The summed E-state index contributed by atoms with van der Waals surface area (Å²) in [6.45, 7) is 3.70. The van der Waals surface area contributed by atoms with E-state index < -0.39 is 0 Å². The van der Waals surface area contributed by atoms with Gasteiger partial charge in [-0.05, 0) is 28.9 Å². The zero-order valence-corrected chi connectivity index (χ0v) is 11.2. The molecule has 1 saturated heterocycles. The molecule has 1 aromatic carbocycles. The quantitative estimate of drug-likeness (QED) is 0.840. The predicted octanol–water partition coefficient (Wildman–Crippen LogP) is 1.84. The van der Waals surface area contributed by atoms with Crippen LogP contribution in [0.15, 0.2) is 47.7 Å². The van der Waals surface area contributed by atoms with E-state index in [2.05, 4.69) is 28.4 Å². The SMILES string of the molecule is O=C1C2=Cc3ccccc3C2=CC=C1N1CCNCC1. The Balaban J connectivity index is 1.74. The van der Waals surface area contributed by atoms with Gasteiger partial charge in [0.05, 0.1) is 5.70 Å². The molecule has 0 saturated carbocycles. The summed E-state index contributed by atoms with van der Waals surface area (Å²) in [7, 11) is 0. The largest absolute Gasteiger partial charge is 0.366 e. The zero-order chi connectivity index (χ0) is 13.5. The molecule has 0 aromatic heterocycles. The van der Waals surface area contributed by atoms with Crippen LogP contribution in [0.2, 0.25) is 0 Å². The molecule has 1 heterocycles. The second-order valence-corrected chi connectivity index (χ2v) is 5.34. The number of piperazine rings is 1. The molecule has 0 atom stereocenters. The van der Waals surface area contributed by atoms with E-state index in [1.165, 1.54) is 5.56 Å². The Hall–Kier alpha value is -2.13. The van der Waals surface area contributed by atoms with Gasteiger partial charge in [-0.1, -0.05) is 30.3 Å². The average Bonchev–Trinajstić information content (AvgIpc) is 2.88. The van der Waals surface area contributed by atoms with Crippen molar-refractivity contribution in [3.05, 3.63) is 58.8 Å². The first kappa shape index (κ1) is 11.7. The Morgan fingerprint density at radius 2 is 1.80 bits per heavy atom. The number of allylic oxidation sites excluding steroid dienone is 4. The van der Waals surface area contributed by atoms with E-state index in [0.717, 1.165) is 48.6 Å². The lowest BCUT2D eigenvalue weighted by molar-refractivity contribution is -0.113. The Labute approximate surface area is 118 Å². The van der Waals surface area contributed by atoms with Gasteiger partial charge in [0.25, 0.3) is 0 Å². The van der Waals surface area contributed by atoms with Gasteiger partial charge < -0.3 is 10.2 Å². The van der Waals surface area contributed by atoms with Crippen molar-refractivity contribution >= 4 is 17.4 Å². The fourth-order valence-corrected chi connectivity index (χ4v) is 3.14. The molecular formula is C17H16N2O. The van der Waals surface area contributed by atoms with Crippen LogP contribution < -0.4 is 5.32 Å². The summed E-state index contributed by atoms with van der Waals surface area (Å²) in [4.78, 5) is 14.9. The highest BCUT2D eigenvalue weighted by Crippen LogP contribution is 2.39. The number of carbonyl (C=O) groups excluding carboxylic acids is 1. The molecule has 2 aliphatic carbocycles. The second kappa shape index (κ2) is 4.46. The molecule has 0 spiro atoms. The lowest BCUT2D eigenvalue weighted by atomic mass is 9.93. The molecule has 20 heavy (non-hydrogen) atoms. The van der Waals surface area contributed by atoms with E-state index in [1.807, 2.05) is 24.3 Å². The Bertz CT molecular complexity index is 676. The summed E-state index contributed by atoms with van der Waals surface area (Å²) in [6.07, 6.45) is 6.11. The van der Waals surface area contributed by atoms with Crippen LogP contribution in [0, 0.1) is 0 Å². The third-order valence-corrected chi connectivity index (χ3v) is 4.18. The number of rotatable bonds is 1. The van der Waals surface area contributed by atoms with Crippen LogP contribution >= 0.6 is 0 Å². The van der Waals surface area contributed by atoms with Crippen LogP contribution in [0.25, 0.3) is 11.6 Å². The number of hydrogen-bond donors (Lipinski definition) is 1. The number of Topliss-reactive ketones (excluding diaryl/α,β-unsaturated/α-hetero) is 1. The third-order valence-electron chi connectivity index (χ3n) is 4.18. The molecule has 1 aliphatic heterocycles. The normalized spacial score (nSPS) is 20.9. The lowest BCUT2D eigenvalue weighted by Gasteiger charge is -2.32. The van der Waals surface area contributed by atoms with E-state index in [0.29, 0.717) is 0 Å². The van der Waals surface area contributed by atoms with E-state index in [1.54, 1.807) is 0 Å². The Kier molecular flexibility index (Phi) is 2.60. The maximum atomic E-state index is 12.7. The van der Waals surface area contributed by atoms with E-state index >= 15 is 0 Å². The van der Waals surface area contributed by atoms with Crippen molar-refractivity contribution in [2.75, 3.05) is 26.2 Å². The highest BCUT2D eigenvalue weighted by atomic mass is 16.1. The van der Waals surface area contributed by atoms with E-state index in [4.69, 9.17) is 0 Å². The molecule has 3 aliphatic rings. The molecule has 3 nitrogen and oxygen atoms in total. The molecular weight excluding hydrogens is 248 g/mol. The standard InChI is InChI=1S/C17H16N2O/c20-17-15-11-12-3-1-2-4-13(12)14(15)5-6-16(17)19-9-7-18-8-10-19/h1-6,11,18H,7-10H2. The van der Waals surface area contributed by atoms with Crippen molar-refractivity contribution in [2.45, 2.75) is 0 Å². The topological polar surface area (TPSA) is 32.3 Å². The molecule has 0 amide bonds. The third kappa shape index (κ3) is 1.67. The molecule has 1 N–H and O–H groups in total. The molecule has 0 radical (unpaired) electrons. The molecule has 1 aromatic rings. The van der Waals surface area contributed by atoms with Crippen LogP contribution in [-0.4, -0.2) is 36.9 Å². The summed E-state index contributed by atoms with van der Waals surface area (Å²) in [6, 6.07) is 8.19. The Morgan fingerprint density at radius 3 is 2.65 bits per heavy atom. The first-order chi connectivity index (χ1) is 9.84. The smallest absolute Gasteiger partial charge is 0.209 e. The average molecular weight is 264 g/mol. The van der Waals surface area contributed by atoms with Crippen molar-refractivity contribution in [2.24, 2.45) is 0 Å². The van der Waals surface area contributed by atoms with Gasteiger partial charge in [0.1, 0.15) is 0 Å². The van der Waals surface area contributed by atoms with Gasteiger partial charge in [0.2, 0.25) is 5.78 Å². The fourth-order valence-electron chi connectivity index (χ4n) is 3.14. The molecule has 3 heteroatoms. The first-order valence-electron chi connectivity index (χ1n) is 7.08. The maximum absolute atomic E-state index is 12.7. The van der Waals surface area contributed by atoms with Crippen molar-refractivity contribution in [1.82, 2.24) is 10.2 Å². The summed E-state index contributed by atoms with van der Waals surface area (Å²) >= 11 is 0. The molecule has 1 fully saturated rings. The van der Waals surface area contributed by atoms with E-state index in [-0.39, 0.29) is 5.78 Å². The Morgan fingerprint density at radius 1 is 1.00 bits per heavy atom. The molecule has 4 rings (SSSR count). The maximum Gasteiger partial charge on any atom is 0.209 e. The molecule has 100 valence electrons. The van der Waals surface area contributed by atoms with Gasteiger partial charge in [0.15, 0.2) is 0 Å². The number of benzene rings is 1. The number of nitrogens with zero attached hydrogens (tertiary/aromatic N) is 1. The summed E-state index contributed by atoms with van der Waals surface area (Å²) in [5.74, 6) is 0.167. The highest BCUT2D eigenvalue weighted by Gasteiger charge is 2.30. The predicted molar refractivity (Wildman–Crippen MR) is 79.9 cm³/mol. The minimum atomic E-state index is 0.167. The van der Waals surface area contributed by atoms with Crippen LogP contribution in [0.4, 0.5) is 0 Å². The minimum absolute atomic E-state index is 0.167. The van der Waals surface area contributed by atoms with Gasteiger partial charge in [-0.3, -0.25) is 4.79 Å². The fraction of sp³-hybridized carbons (Fsp3) is 0.235. The summed E-state index contributed by atoms with van der Waals surface area (Å²) < 4.78 is 0. The van der Waals surface area contributed by atoms with Gasteiger partial charge >= 0.3 is 0 Å². The summed E-state index contributed by atoms with van der Waals surface area (Å²) in [5, 5.41) is 3.32. The van der Waals surface area contributed by atoms with Crippen molar-refractivity contribution in [3.63, 3.8) is 0 Å². The van der Waals surface area contributed by atoms with Gasteiger partial charge in [-0.25, -0.2) is 0 Å². The van der Waals surface area contributed by atoms with Gasteiger partial charge in [0, 0.05) is 31.8 Å². The second-order valence-electron chi connectivity index (χ2n) is 5.34. The van der Waals surface area contributed by atoms with Gasteiger partial charge in [-0.2, -0.15) is 0 Å². The van der Waals surface area contributed by atoms with Crippen molar-refractivity contribution in [1.29, 1.82) is 0 Å². The first-order valence-corrected chi connectivity index (χ1v) is 7.08. The molecule has 0 bridgehead atoms. The van der Waals surface area contributed by atoms with Crippen LogP contribution in [0.3, 0.4) is 0 Å². The van der Waals surface area contributed by atoms with Crippen molar-refractivity contribution in [3.8, 4) is 0 Å². The number of fused-ring (bicyclic) bond motifs is 3. The van der Waals surface area contributed by atoms with E-state index in [9.17, 15) is 4.79 Å². The van der Waals surface area contributed by atoms with Crippen LogP contribution in [-0.2, 0) is 4.79 Å². The zero-order valence-electron chi connectivity index (χ0n) is 11.2. The van der Waals surface area contributed by atoms with Crippen LogP contribution in [0.1, 0.15) is 11.1 Å². The number of ketones is 1.